The first kappa shape index (κ1) is 8.47. The second-order valence-corrected chi connectivity index (χ2v) is 3.05. The zero-order valence-corrected chi connectivity index (χ0v) is 6.32. The minimum absolute atomic E-state index is 0.00231. The van der Waals surface area contributed by atoms with E-state index in [9.17, 15) is 4.79 Å². The fourth-order valence-corrected chi connectivity index (χ4v) is 0.481. The van der Waals surface area contributed by atoms with E-state index in [1.807, 2.05) is 20.8 Å². The van der Waals surface area contributed by atoms with Gasteiger partial charge in [0, 0.05) is 12.0 Å². The van der Waals surface area contributed by atoms with Gasteiger partial charge in [-0.1, -0.05) is 0 Å². The van der Waals surface area contributed by atoms with E-state index in [0.717, 1.165) is 0 Å². The van der Waals surface area contributed by atoms with Crippen LogP contribution in [-0.2, 0) is 4.79 Å². The summed E-state index contributed by atoms with van der Waals surface area (Å²) in [6, 6.07) is 0. The number of nitrogens with one attached hydrogen (secondary N) is 1. The second-order valence-electron chi connectivity index (χ2n) is 3.05. The molecule has 0 bridgehead atoms. The molecule has 0 rings (SSSR count). The predicted octanol–water partition coefficient (Wildman–Crippen LogP) is 1.13. The molecule has 53 valence electrons. The summed E-state index contributed by atoms with van der Waals surface area (Å²) in [5.74, 6) is 0.00231. The summed E-state index contributed by atoms with van der Waals surface area (Å²) in [5.41, 5.74) is -0.116. The van der Waals surface area contributed by atoms with Crippen LogP contribution in [0.5, 0.6) is 0 Å². The molecule has 0 unspecified atom stereocenters. The van der Waals surface area contributed by atoms with E-state index < -0.39 is 0 Å². The molecule has 0 spiro atoms. The molecule has 0 heterocycles. The van der Waals surface area contributed by atoms with E-state index in [2.05, 4.69) is 12.2 Å². The van der Waals surface area contributed by atoms with Gasteiger partial charge in [0.15, 0.2) is 0 Å². The molecule has 0 aliphatic carbocycles. The number of amides is 1. The Balaban J connectivity index is 3.60. The predicted molar refractivity (Wildman–Crippen MR) is 37.9 cm³/mol. The van der Waals surface area contributed by atoms with Gasteiger partial charge >= 0.3 is 0 Å². The van der Waals surface area contributed by atoms with Gasteiger partial charge in [-0.25, -0.2) is 0 Å². The van der Waals surface area contributed by atoms with Crippen LogP contribution in [0.25, 0.3) is 0 Å². The SMILES string of the molecule is [CH2]CC(=O)NC(C)(C)C. The Bertz CT molecular complexity index is 102. The van der Waals surface area contributed by atoms with Crippen LogP contribution in [-0.4, -0.2) is 11.4 Å². The Morgan fingerprint density at radius 3 is 2.11 bits per heavy atom. The summed E-state index contributed by atoms with van der Waals surface area (Å²) in [4.78, 5) is 10.7. The van der Waals surface area contributed by atoms with Crippen LogP contribution < -0.4 is 5.32 Å². The maximum Gasteiger partial charge on any atom is 0.220 e. The molecule has 0 aromatic heterocycles. The zero-order valence-electron chi connectivity index (χ0n) is 6.32. The van der Waals surface area contributed by atoms with Crippen molar-refractivity contribution in [2.75, 3.05) is 0 Å². The van der Waals surface area contributed by atoms with Crippen LogP contribution in [0.4, 0.5) is 0 Å². The van der Waals surface area contributed by atoms with Gasteiger partial charge in [0.2, 0.25) is 5.91 Å². The van der Waals surface area contributed by atoms with Crippen molar-refractivity contribution in [2.24, 2.45) is 0 Å². The van der Waals surface area contributed by atoms with Gasteiger partial charge in [-0.2, -0.15) is 0 Å². The fourth-order valence-electron chi connectivity index (χ4n) is 0.481. The van der Waals surface area contributed by atoms with Crippen LogP contribution in [0.1, 0.15) is 27.2 Å². The van der Waals surface area contributed by atoms with Gasteiger partial charge in [-0.05, 0) is 27.7 Å². The lowest BCUT2D eigenvalue weighted by Crippen LogP contribution is -2.40. The van der Waals surface area contributed by atoms with E-state index in [4.69, 9.17) is 0 Å². The standard InChI is InChI=1S/C7H14NO/c1-5-6(9)8-7(2,3)4/h1,5H2,2-4H3,(H,8,9). The molecule has 1 amide bonds. The molecule has 0 saturated heterocycles. The van der Waals surface area contributed by atoms with E-state index in [0.29, 0.717) is 6.42 Å². The highest BCUT2D eigenvalue weighted by atomic mass is 16.1. The molecule has 9 heavy (non-hydrogen) atoms. The molecule has 0 aromatic rings. The Morgan fingerprint density at radius 1 is 1.56 bits per heavy atom. The van der Waals surface area contributed by atoms with Gasteiger partial charge < -0.3 is 5.32 Å². The molecule has 0 aromatic carbocycles. The fraction of sp³-hybridized carbons (Fsp3) is 0.714. The van der Waals surface area contributed by atoms with Crippen LogP contribution in [0.15, 0.2) is 0 Å². The Kier molecular flexibility index (Phi) is 2.68. The lowest BCUT2D eigenvalue weighted by molar-refractivity contribution is -0.121. The van der Waals surface area contributed by atoms with Crippen molar-refractivity contribution in [2.45, 2.75) is 32.7 Å². The molecule has 2 heteroatoms. The summed E-state index contributed by atoms with van der Waals surface area (Å²) in [7, 11) is 0. The van der Waals surface area contributed by atoms with Crippen molar-refractivity contribution >= 4 is 5.91 Å². The summed E-state index contributed by atoms with van der Waals surface area (Å²) in [6.45, 7) is 9.29. The number of hydrogen-bond acceptors (Lipinski definition) is 1. The third-order valence-corrected chi connectivity index (χ3v) is 0.741. The van der Waals surface area contributed by atoms with E-state index >= 15 is 0 Å². The van der Waals surface area contributed by atoms with Crippen LogP contribution >= 0.6 is 0 Å². The molecule has 0 aliphatic rings. The van der Waals surface area contributed by atoms with Gasteiger partial charge in [-0.3, -0.25) is 4.79 Å². The Labute approximate surface area is 56.6 Å². The third kappa shape index (κ3) is 5.34. The summed E-state index contributed by atoms with van der Waals surface area (Å²) < 4.78 is 0. The molecule has 0 fully saturated rings. The first-order valence-corrected chi connectivity index (χ1v) is 3.06. The maximum atomic E-state index is 10.7. The zero-order chi connectivity index (χ0) is 7.49. The monoisotopic (exact) mass is 128 g/mol. The first-order valence-electron chi connectivity index (χ1n) is 3.06. The minimum Gasteiger partial charge on any atom is -0.352 e. The van der Waals surface area contributed by atoms with E-state index in [1.165, 1.54) is 0 Å². The van der Waals surface area contributed by atoms with Crippen LogP contribution in [0, 0.1) is 6.92 Å². The second kappa shape index (κ2) is 2.85. The summed E-state index contributed by atoms with van der Waals surface area (Å²) in [6.07, 6.45) is 0.317. The number of carbonyl (C=O) groups excluding carboxylic acids is 1. The van der Waals surface area contributed by atoms with E-state index in [-0.39, 0.29) is 11.4 Å². The molecule has 0 saturated carbocycles. The average molecular weight is 128 g/mol. The van der Waals surface area contributed by atoms with Gasteiger partial charge in [0.1, 0.15) is 0 Å². The lowest BCUT2D eigenvalue weighted by atomic mass is 10.1. The van der Waals surface area contributed by atoms with Gasteiger partial charge in [0.05, 0.1) is 0 Å². The summed E-state index contributed by atoms with van der Waals surface area (Å²) in [5, 5.41) is 2.77. The quantitative estimate of drug-likeness (QED) is 0.563. The first-order chi connectivity index (χ1) is 3.95. The van der Waals surface area contributed by atoms with E-state index in [1.54, 1.807) is 0 Å². The number of rotatable bonds is 1. The highest BCUT2D eigenvalue weighted by Crippen LogP contribution is 1.97. The highest BCUT2D eigenvalue weighted by molar-refractivity contribution is 5.77. The van der Waals surface area contributed by atoms with Crippen LogP contribution in [0.2, 0.25) is 0 Å². The molecule has 0 aliphatic heterocycles. The summed E-state index contributed by atoms with van der Waals surface area (Å²) >= 11 is 0. The number of carbonyl (C=O) groups is 1. The molecular weight excluding hydrogens is 114 g/mol. The minimum atomic E-state index is -0.116. The Hall–Kier alpha value is -0.530. The molecule has 1 radical (unpaired) electrons. The van der Waals surface area contributed by atoms with Crippen molar-refractivity contribution < 1.29 is 4.79 Å². The highest BCUT2D eigenvalue weighted by Gasteiger charge is 2.10. The maximum absolute atomic E-state index is 10.7. The average Bonchev–Trinajstić information content (AvgIpc) is 1.62. The topological polar surface area (TPSA) is 29.1 Å². The van der Waals surface area contributed by atoms with Crippen molar-refractivity contribution in [3.05, 3.63) is 6.92 Å². The van der Waals surface area contributed by atoms with Crippen molar-refractivity contribution in [3.8, 4) is 0 Å². The molecule has 2 nitrogen and oxygen atoms in total. The van der Waals surface area contributed by atoms with Gasteiger partial charge in [-0.15, -0.1) is 0 Å². The van der Waals surface area contributed by atoms with Crippen molar-refractivity contribution in [3.63, 3.8) is 0 Å². The Morgan fingerprint density at radius 2 is 2.00 bits per heavy atom. The third-order valence-electron chi connectivity index (χ3n) is 0.741. The smallest absolute Gasteiger partial charge is 0.220 e. The largest absolute Gasteiger partial charge is 0.352 e. The van der Waals surface area contributed by atoms with Crippen molar-refractivity contribution in [1.82, 2.24) is 5.32 Å². The molecule has 0 atom stereocenters. The molecular formula is C7H14NO. The normalized spacial score (nSPS) is 11.1. The van der Waals surface area contributed by atoms with Crippen LogP contribution in [0.3, 0.4) is 0 Å². The van der Waals surface area contributed by atoms with Gasteiger partial charge in [0.25, 0.3) is 0 Å². The lowest BCUT2D eigenvalue weighted by Gasteiger charge is -2.19. The number of hydrogen-bond donors (Lipinski definition) is 1. The molecule has 1 N–H and O–H groups in total. The van der Waals surface area contributed by atoms with Crippen molar-refractivity contribution in [1.29, 1.82) is 0 Å².